The fourth-order valence-electron chi connectivity index (χ4n) is 2.35. The van der Waals surface area contributed by atoms with Crippen LogP contribution in [0.2, 0.25) is 0 Å². The Balaban J connectivity index is 1.98. The monoisotopic (exact) mass is 249 g/mol. The van der Waals surface area contributed by atoms with Crippen LogP contribution in [0.25, 0.3) is 0 Å². The molecule has 3 heterocycles. The Morgan fingerprint density at radius 1 is 1.59 bits per heavy atom. The minimum Gasteiger partial charge on any atom is -0.309 e. The second-order valence-corrected chi connectivity index (χ2v) is 5.72. The van der Waals surface area contributed by atoms with Crippen molar-refractivity contribution in [1.29, 1.82) is 0 Å². The molecule has 0 spiro atoms. The second kappa shape index (κ2) is 4.31. The maximum Gasteiger partial charge on any atom is 0.243 e. The number of hydrogen-bond donors (Lipinski definition) is 1. The molecule has 0 aliphatic carbocycles. The van der Waals surface area contributed by atoms with Crippen molar-refractivity contribution in [3.8, 4) is 0 Å². The third-order valence-corrected chi connectivity index (χ3v) is 4.28. The number of nitrogens with one attached hydrogen (secondary N) is 1. The predicted molar refractivity (Wildman–Crippen MR) is 69.1 cm³/mol. The number of pyridine rings is 1. The van der Waals surface area contributed by atoms with Gasteiger partial charge in [-0.2, -0.15) is 11.8 Å². The van der Waals surface area contributed by atoms with Crippen molar-refractivity contribution < 1.29 is 4.79 Å². The van der Waals surface area contributed by atoms with E-state index in [4.69, 9.17) is 0 Å². The number of amides is 1. The summed E-state index contributed by atoms with van der Waals surface area (Å²) in [6.45, 7) is 3.84. The van der Waals surface area contributed by atoms with Gasteiger partial charge in [0.25, 0.3) is 0 Å². The Morgan fingerprint density at radius 3 is 3.35 bits per heavy atom. The van der Waals surface area contributed by atoms with Gasteiger partial charge in [0, 0.05) is 36.4 Å². The quantitative estimate of drug-likeness (QED) is 0.752. The number of aromatic nitrogens is 1. The van der Waals surface area contributed by atoms with E-state index in [1.165, 1.54) is 0 Å². The lowest BCUT2D eigenvalue weighted by atomic mass is 10.2. The van der Waals surface area contributed by atoms with Crippen LogP contribution >= 0.6 is 11.8 Å². The molecule has 1 unspecified atom stereocenters. The molecule has 1 amide bonds. The topological polar surface area (TPSA) is 45.2 Å². The molecule has 0 radical (unpaired) electrons. The van der Waals surface area contributed by atoms with E-state index >= 15 is 0 Å². The van der Waals surface area contributed by atoms with Crippen LogP contribution < -0.4 is 5.32 Å². The summed E-state index contributed by atoms with van der Waals surface area (Å²) in [4.78, 5) is 18.7. The van der Waals surface area contributed by atoms with Gasteiger partial charge in [-0.1, -0.05) is 0 Å². The molecule has 2 aliphatic rings. The van der Waals surface area contributed by atoms with Crippen molar-refractivity contribution in [2.75, 3.05) is 23.4 Å². The zero-order chi connectivity index (χ0) is 11.8. The summed E-state index contributed by atoms with van der Waals surface area (Å²) >= 11 is 1.85. The first kappa shape index (κ1) is 11.0. The molecular weight excluding hydrogens is 234 g/mol. The largest absolute Gasteiger partial charge is 0.309 e. The standard InChI is InChI=1S/C12H15N3OS/c1-8-4-9-6-15-2-3-17-7-10(15)12(16)14-11(9)13-5-8/h4-5,10H,2-3,6-7H2,1H3,(H,13,14,16). The number of rotatable bonds is 0. The van der Waals surface area contributed by atoms with Gasteiger partial charge >= 0.3 is 0 Å². The third-order valence-electron chi connectivity index (χ3n) is 3.26. The van der Waals surface area contributed by atoms with E-state index in [0.717, 1.165) is 41.5 Å². The van der Waals surface area contributed by atoms with Crippen molar-refractivity contribution in [2.24, 2.45) is 0 Å². The molecule has 90 valence electrons. The summed E-state index contributed by atoms with van der Waals surface area (Å²) in [5.74, 6) is 2.82. The lowest BCUT2D eigenvalue weighted by molar-refractivity contribution is -0.120. The van der Waals surface area contributed by atoms with E-state index in [2.05, 4.69) is 21.3 Å². The van der Waals surface area contributed by atoms with E-state index in [-0.39, 0.29) is 11.9 Å². The number of aryl methyl sites for hydroxylation is 1. The molecule has 0 bridgehead atoms. The summed E-state index contributed by atoms with van der Waals surface area (Å²) in [7, 11) is 0. The molecule has 2 aliphatic heterocycles. The number of anilines is 1. The van der Waals surface area contributed by atoms with Crippen LogP contribution in [-0.4, -0.2) is 39.9 Å². The molecule has 5 heteroatoms. The number of hydrogen-bond acceptors (Lipinski definition) is 4. The highest BCUT2D eigenvalue weighted by Crippen LogP contribution is 2.26. The average Bonchev–Trinajstić information content (AvgIpc) is 2.46. The van der Waals surface area contributed by atoms with Crippen LogP contribution in [0.5, 0.6) is 0 Å². The van der Waals surface area contributed by atoms with Gasteiger partial charge in [0.2, 0.25) is 5.91 Å². The number of carbonyl (C=O) groups is 1. The summed E-state index contributed by atoms with van der Waals surface area (Å²) in [5, 5.41) is 2.94. The van der Waals surface area contributed by atoms with Crippen molar-refractivity contribution in [3.05, 3.63) is 23.4 Å². The molecule has 1 N–H and O–H groups in total. The first-order chi connectivity index (χ1) is 8.24. The molecule has 1 fully saturated rings. The van der Waals surface area contributed by atoms with E-state index in [1.807, 2.05) is 18.7 Å². The second-order valence-electron chi connectivity index (χ2n) is 4.57. The Bertz CT molecular complexity index is 463. The number of thioether (sulfide) groups is 1. The highest BCUT2D eigenvalue weighted by atomic mass is 32.2. The normalized spacial score (nSPS) is 24.5. The molecule has 17 heavy (non-hydrogen) atoms. The number of nitrogens with zero attached hydrogens (tertiary/aromatic N) is 2. The van der Waals surface area contributed by atoms with Crippen LogP contribution in [-0.2, 0) is 11.3 Å². The molecule has 1 aromatic heterocycles. The molecular formula is C12H15N3OS. The minimum absolute atomic E-state index is 0.00301. The zero-order valence-corrected chi connectivity index (χ0v) is 10.6. The lowest BCUT2D eigenvalue weighted by Crippen LogP contribution is -2.47. The van der Waals surface area contributed by atoms with E-state index in [1.54, 1.807) is 6.20 Å². The highest BCUT2D eigenvalue weighted by molar-refractivity contribution is 7.99. The lowest BCUT2D eigenvalue weighted by Gasteiger charge is -2.31. The highest BCUT2D eigenvalue weighted by Gasteiger charge is 2.32. The summed E-state index contributed by atoms with van der Waals surface area (Å²) < 4.78 is 0. The third kappa shape index (κ3) is 2.05. The SMILES string of the molecule is Cc1cnc2c(c1)CN1CCSCC1C(=O)N2. The van der Waals surface area contributed by atoms with Gasteiger partial charge in [0.15, 0.2) is 0 Å². The number of fused-ring (bicyclic) bond motifs is 2. The Labute approximate surface area is 105 Å². The average molecular weight is 249 g/mol. The minimum atomic E-state index is 0.00301. The van der Waals surface area contributed by atoms with Gasteiger partial charge in [-0.05, 0) is 18.6 Å². The van der Waals surface area contributed by atoms with Crippen molar-refractivity contribution in [3.63, 3.8) is 0 Å². The summed E-state index contributed by atoms with van der Waals surface area (Å²) in [6.07, 6.45) is 1.80. The van der Waals surface area contributed by atoms with Gasteiger partial charge < -0.3 is 5.32 Å². The Kier molecular flexibility index (Phi) is 2.80. The molecule has 0 aromatic carbocycles. The van der Waals surface area contributed by atoms with E-state index in [9.17, 15) is 4.79 Å². The number of carbonyl (C=O) groups excluding carboxylic acids is 1. The zero-order valence-electron chi connectivity index (χ0n) is 9.77. The van der Waals surface area contributed by atoms with Crippen LogP contribution in [0, 0.1) is 6.92 Å². The maximum atomic E-state index is 12.1. The van der Waals surface area contributed by atoms with Crippen molar-refractivity contribution in [2.45, 2.75) is 19.5 Å². The predicted octanol–water partition coefficient (Wildman–Crippen LogP) is 1.26. The summed E-state index contributed by atoms with van der Waals surface area (Å²) in [5.41, 5.74) is 2.27. The molecule has 1 aromatic rings. The molecule has 1 atom stereocenters. The molecule has 0 saturated carbocycles. The first-order valence-corrected chi connectivity index (χ1v) is 6.98. The van der Waals surface area contributed by atoms with E-state index < -0.39 is 0 Å². The van der Waals surface area contributed by atoms with Crippen LogP contribution in [0.1, 0.15) is 11.1 Å². The van der Waals surface area contributed by atoms with Crippen LogP contribution in [0.3, 0.4) is 0 Å². The molecule has 3 rings (SSSR count). The first-order valence-electron chi connectivity index (χ1n) is 5.82. The Hall–Kier alpha value is -1.07. The van der Waals surface area contributed by atoms with Crippen LogP contribution in [0.4, 0.5) is 5.82 Å². The van der Waals surface area contributed by atoms with Crippen molar-refractivity contribution in [1.82, 2.24) is 9.88 Å². The van der Waals surface area contributed by atoms with Gasteiger partial charge in [-0.3, -0.25) is 9.69 Å². The molecule has 4 nitrogen and oxygen atoms in total. The maximum absolute atomic E-state index is 12.1. The smallest absolute Gasteiger partial charge is 0.243 e. The fraction of sp³-hybridized carbons (Fsp3) is 0.500. The van der Waals surface area contributed by atoms with Gasteiger partial charge in [0.05, 0.1) is 6.04 Å². The van der Waals surface area contributed by atoms with Crippen LogP contribution in [0.15, 0.2) is 12.3 Å². The molecule has 1 saturated heterocycles. The van der Waals surface area contributed by atoms with Gasteiger partial charge in [0.1, 0.15) is 5.82 Å². The van der Waals surface area contributed by atoms with Crippen molar-refractivity contribution >= 4 is 23.5 Å². The summed E-state index contributed by atoms with van der Waals surface area (Å²) in [6, 6.07) is 2.12. The van der Waals surface area contributed by atoms with Gasteiger partial charge in [-0.15, -0.1) is 0 Å². The van der Waals surface area contributed by atoms with Gasteiger partial charge in [-0.25, -0.2) is 4.98 Å². The Morgan fingerprint density at radius 2 is 2.47 bits per heavy atom. The fourth-order valence-corrected chi connectivity index (χ4v) is 3.47. The van der Waals surface area contributed by atoms with E-state index in [0.29, 0.717) is 0 Å².